The minimum Gasteiger partial charge on any atom is -0.174 e. The van der Waals surface area contributed by atoms with Gasteiger partial charge in [0.1, 0.15) is 0 Å². The fourth-order valence-corrected chi connectivity index (χ4v) is 6.22. The van der Waals surface area contributed by atoms with E-state index in [4.69, 9.17) is 0 Å². The van der Waals surface area contributed by atoms with Gasteiger partial charge in [-0.1, -0.05) is 30.4 Å². The van der Waals surface area contributed by atoms with Crippen LogP contribution in [0.1, 0.15) is 68.6 Å². The Hall–Kier alpha value is -1.44. The Morgan fingerprint density at radius 2 is 1.63 bits per heavy atom. The van der Waals surface area contributed by atoms with Crippen LogP contribution in [0.3, 0.4) is 0 Å². The van der Waals surface area contributed by atoms with Gasteiger partial charge in [-0.05, 0) is 117 Å². The van der Waals surface area contributed by atoms with Crippen LogP contribution in [-0.4, -0.2) is 0 Å². The molecule has 146 valence electrons. The van der Waals surface area contributed by atoms with Crippen LogP contribution in [-0.2, 0) is 12.8 Å². The highest BCUT2D eigenvalue weighted by Crippen LogP contribution is 2.48. The highest BCUT2D eigenvalue weighted by molar-refractivity contribution is 5.52. The number of fused-ring (bicyclic) bond motifs is 2. The van der Waals surface area contributed by atoms with Crippen molar-refractivity contribution in [1.29, 1.82) is 0 Å². The maximum atomic E-state index is 12.6. The maximum absolute atomic E-state index is 12.6. The fourth-order valence-electron chi connectivity index (χ4n) is 6.22. The number of rotatable bonds is 3. The van der Waals surface area contributed by atoms with Crippen LogP contribution in [0, 0.1) is 29.6 Å². The molecule has 2 fully saturated rings. The Bertz CT molecular complexity index is 713. The van der Waals surface area contributed by atoms with Crippen LogP contribution in [0.2, 0.25) is 0 Å². The summed E-state index contributed by atoms with van der Waals surface area (Å²) in [5.74, 6) is 3.27. The molecule has 2 heteroatoms. The predicted molar refractivity (Wildman–Crippen MR) is 109 cm³/mol. The average molecular weight is 371 g/mol. The summed E-state index contributed by atoms with van der Waals surface area (Å²) in [5.41, 5.74) is 4.44. The molecule has 5 unspecified atom stereocenters. The van der Waals surface area contributed by atoms with Crippen molar-refractivity contribution in [2.75, 3.05) is 0 Å². The zero-order valence-corrected chi connectivity index (χ0v) is 16.5. The van der Waals surface area contributed by atoms with Crippen LogP contribution < -0.4 is 0 Å². The number of aryl methyl sites for hydroxylation is 1. The molecular formula is C25H32F2. The summed E-state index contributed by atoms with van der Waals surface area (Å²) in [4.78, 5) is 0. The standard InChI is InChI=1S/C25H32F2/c1-2-3-17-4-6-21-15-23(10-8-19(21)12-17)24-11-9-20-13-18(14-25(26)27)5-7-22(20)16-24/h2-4,6,12,14,18,20,22-24H,5,7-11,13,15-16H2,1H3. The van der Waals surface area contributed by atoms with Crippen molar-refractivity contribution < 1.29 is 8.78 Å². The summed E-state index contributed by atoms with van der Waals surface area (Å²) in [6.07, 6.45) is 14.9. The summed E-state index contributed by atoms with van der Waals surface area (Å²) in [6.45, 7) is 2.07. The van der Waals surface area contributed by atoms with Crippen molar-refractivity contribution in [3.05, 3.63) is 53.1 Å². The van der Waals surface area contributed by atoms with Gasteiger partial charge in [0, 0.05) is 0 Å². The van der Waals surface area contributed by atoms with Crippen molar-refractivity contribution in [1.82, 2.24) is 0 Å². The average Bonchev–Trinajstić information content (AvgIpc) is 2.67. The number of hydrogen-bond donors (Lipinski definition) is 0. The third kappa shape index (κ3) is 4.36. The first-order chi connectivity index (χ1) is 13.1. The second-order valence-electron chi connectivity index (χ2n) is 9.15. The molecule has 0 aromatic heterocycles. The SMILES string of the molecule is CC=Cc1ccc2c(c1)CCC(C1CCC3CC(C=C(F)F)CCC3C1)C2. The third-order valence-corrected chi connectivity index (χ3v) is 7.58. The van der Waals surface area contributed by atoms with E-state index in [-0.39, 0.29) is 5.92 Å². The quantitative estimate of drug-likeness (QED) is 0.519. The number of allylic oxidation sites excluding steroid dienone is 2. The Balaban J connectivity index is 1.37. The van der Waals surface area contributed by atoms with E-state index < -0.39 is 6.08 Å². The second-order valence-corrected chi connectivity index (χ2v) is 9.15. The van der Waals surface area contributed by atoms with E-state index >= 15 is 0 Å². The molecule has 0 spiro atoms. The summed E-state index contributed by atoms with van der Waals surface area (Å²) in [5, 5.41) is 0. The van der Waals surface area contributed by atoms with E-state index in [2.05, 4.69) is 37.3 Å². The molecule has 4 rings (SSSR count). The molecular weight excluding hydrogens is 338 g/mol. The first-order valence-electron chi connectivity index (χ1n) is 10.9. The Morgan fingerprint density at radius 3 is 2.41 bits per heavy atom. The number of benzene rings is 1. The smallest absolute Gasteiger partial charge is 0.174 e. The van der Waals surface area contributed by atoms with Gasteiger partial charge in [-0.15, -0.1) is 0 Å². The molecule has 0 amide bonds. The maximum Gasteiger partial charge on any atom is 0.266 e. The van der Waals surface area contributed by atoms with E-state index in [1.807, 2.05) is 0 Å². The van der Waals surface area contributed by atoms with Gasteiger partial charge in [0.05, 0.1) is 0 Å². The first-order valence-corrected chi connectivity index (χ1v) is 10.9. The van der Waals surface area contributed by atoms with Crippen LogP contribution >= 0.6 is 0 Å². The van der Waals surface area contributed by atoms with Gasteiger partial charge in [-0.25, -0.2) is 0 Å². The summed E-state index contributed by atoms with van der Waals surface area (Å²) >= 11 is 0. The van der Waals surface area contributed by atoms with Gasteiger partial charge in [0.25, 0.3) is 6.08 Å². The lowest BCUT2D eigenvalue weighted by atomic mass is 9.61. The summed E-state index contributed by atoms with van der Waals surface area (Å²) in [6, 6.07) is 6.99. The van der Waals surface area contributed by atoms with Crippen LogP contribution in [0.4, 0.5) is 8.78 Å². The summed E-state index contributed by atoms with van der Waals surface area (Å²) < 4.78 is 25.2. The molecule has 2 saturated carbocycles. The molecule has 5 atom stereocenters. The van der Waals surface area contributed by atoms with Crippen molar-refractivity contribution in [2.24, 2.45) is 29.6 Å². The highest BCUT2D eigenvalue weighted by atomic mass is 19.3. The predicted octanol–water partition coefficient (Wildman–Crippen LogP) is 7.44. The molecule has 1 aromatic carbocycles. The molecule has 0 aliphatic heterocycles. The topological polar surface area (TPSA) is 0 Å². The first kappa shape index (κ1) is 18.9. The molecule has 0 saturated heterocycles. The van der Waals surface area contributed by atoms with Crippen molar-refractivity contribution in [3.63, 3.8) is 0 Å². The van der Waals surface area contributed by atoms with Crippen molar-refractivity contribution >= 4 is 6.08 Å². The Morgan fingerprint density at radius 1 is 0.889 bits per heavy atom. The molecule has 3 aliphatic carbocycles. The Labute approximate surface area is 162 Å². The van der Waals surface area contributed by atoms with E-state index in [9.17, 15) is 8.78 Å². The molecule has 0 heterocycles. The van der Waals surface area contributed by atoms with E-state index in [0.29, 0.717) is 5.92 Å². The Kier molecular flexibility index (Phi) is 5.80. The van der Waals surface area contributed by atoms with Crippen molar-refractivity contribution in [3.8, 4) is 0 Å². The number of halogens is 2. The lowest BCUT2D eigenvalue weighted by Crippen LogP contribution is -2.34. The zero-order valence-electron chi connectivity index (χ0n) is 16.5. The van der Waals surface area contributed by atoms with Gasteiger partial charge in [0.15, 0.2) is 0 Å². The van der Waals surface area contributed by atoms with E-state index in [1.165, 1.54) is 50.2 Å². The zero-order chi connectivity index (χ0) is 18.8. The highest BCUT2D eigenvalue weighted by Gasteiger charge is 2.38. The minimum atomic E-state index is -1.48. The van der Waals surface area contributed by atoms with Crippen LogP contribution in [0.5, 0.6) is 0 Å². The van der Waals surface area contributed by atoms with Gasteiger partial charge >= 0.3 is 0 Å². The van der Waals surface area contributed by atoms with Gasteiger partial charge in [-0.2, -0.15) is 8.78 Å². The van der Waals surface area contributed by atoms with Gasteiger partial charge < -0.3 is 0 Å². The molecule has 1 aromatic rings. The third-order valence-electron chi connectivity index (χ3n) is 7.58. The lowest BCUT2D eigenvalue weighted by molar-refractivity contribution is 0.0803. The van der Waals surface area contributed by atoms with Gasteiger partial charge in [0.2, 0.25) is 0 Å². The normalized spacial score (nSPS) is 33.4. The monoisotopic (exact) mass is 370 g/mol. The van der Waals surface area contributed by atoms with Gasteiger partial charge in [-0.3, -0.25) is 0 Å². The fraction of sp³-hybridized carbons (Fsp3) is 0.600. The second kappa shape index (κ2) is 8.29. The molecule has 0 radical (unpaired) electrons. The largest absolute Gasteiger partial charge is 0.266 e. The summed E-state index contributed by atoms with van der Waals surface area (Å²) in [7, 11) is 0. The molecule has 3 aliphatic rings. The van der Waals surface area contributed by atoms with E-state index in [0.717, 1.165) is 37.0 Å². The van der Waals surface area contributed by atoms with Crippen molar-refractivity contribution in [2.45, 2.75) is 64.7 Å². The number of hydrogen-bond acceptors (Lipinski definition) is 0. The molecule has 0 nitrogen and oxygen atoms in total. The minimum absolute atomic E-state index is 0.126. The van der Waals surface area contributed by atoms with Crippen LogP contribution in [0.15, 0.2) is 36.4 Å². The van der Waals surface area contributed by atoms with Crippen LogP contribution in [0.25, 0.3) is 6.08 Å². The molecule has 27 heavy (non-hydrogen) atoms. The lowest BCUT2D eigenvalue weighted by Gasteiger charge is -2.44. The molecule has 0 N–H and O–H groups in total. The molecule has 0 bridgehead atoms. The van der Waals surface area contributed by atoms with E-state index in [1.54, 1.807) is 11.1 Å².